The smallest absolute Gasteiger partial charge is 0.241 e. The topological polar surface area (TPSA) is 75.3 Å². The minimum absolute atomic E-state index is 0.190. The highest BCUT2D eigenvalue weighted by atomic mass is 19.2. The molecule has 0 spiro atoms. The molecule has 0 aliphatic rings. The van der Waals surface area contributed by atoms with Crippen LogP contribution in [0.15, 0.2) is 47.2 Å². The molecule has 8 heteroatoms. The lowest BCUT2D eigenvalue weighted by Gasteiger charge is -2.19. The maximum absolute atomic E-state index is 13.2. The van der Waals surface area contributed by atoms with Crippen LogP contribution in [0.25, 0.3) is 11.4 Å². The number of rotatable bonds is 6. The Labute approximate surface area is 142 Å². The van der Waals surface area contributed by atoms with Crippen LogP contribution in [-0.2, 0) is 6.54 Å². The molecule has 0 radical (unpaired) electrons. The lowest BCUT2D eigenvalue weighted by molar-refractivity contribution is 0.117. The first-order valence-electron chi connectivity index (χ1n) is 7.57. The van der Waals surface area contributed by atoms with E-state index >= 15 is 0 Å². The van der Waals surface area contributed by atoms with Gasteiger partial charge in [-0.25, -0.2) is 8.78 Å². The van der Waals surface area contributed by atoms with Crippen molar-refractivity contribution < 1.29 is 18.4 Å². The minimum atomic E-state index is -0.989. The Bertz CT molecular complexity index is 842. The number of likely N-dealkylation sites (N-methyl/N-ethyl adjacent to an activating group) is 1. The molecule has 1 aromatic carbocycles. The van der Waals surface area contributed by atoms with Crippen molar-refractivity contribution in [3.63, 3.8) is 0 Å². The third-order valence-corrected chi connectivity index (χ3v) is 3.61. The lowest BCUT2D eigenvalue weighted by atomic mass is 10.1. The first-order chi connectivity index (χ1) is 12.0. The fraction of sp³-hybridized carbons (Fsp3) is 0.235. The Balaban J connectivity index is 1.61. The van der Waals surface area contributed by atoms with Gasteiger partial charge in [0, 0.05) is 24.5 Å². The number of aliphatic hydroxyl groups excluding tert-OH is 1. The fourth-order valence-corrected chi connectivity index (χ4v) is 2.35. The van der Waals surface area contributed by atoms with Gasteiger partial charge < -0.3 is 9.63 Å². The van der Waals surface area contributed by atoms with Crippen LogP contribution in [0.4, 0.5) is 8.78 Å². The highest BCUT2D eigenvalue weighted by Crippen LogP contribution is 2.18. The van der Waals surface area contributed by atoms with Crippen molar-refractivity contribution in [2.45, 2.75) is 12.6 Å². The van der Waals surface area contributed by atoms with Crippen molar-refractivity contribution in [2.24, 2.45) is 0 Å². The summed E-state index contributed by atoms with van der Waals surface area (Å²) in [6.07, 6.45) is 2.31. The predicted octanol–water partition coefficient (Wildman–Crippen LogP) is 2.58. The minimum Gasteiger partial charge on any atom is -0.387 e. The van der Waals surface area contributed by atoms with E-state index in [0.717, 1.165) is 17.7 Å². The Kier molecular flexibility index (Phi) is 5.11. The van der Waals surface area contributed by atoms with E-state index in [-0.39, 0.29) is 6.54 Å². The normalized spacial score (nSPS) is 12.5. The number of aliphatic hydroxyl groups is 1. The van der Waals surface area contributed by atoms with Crippen LogP contribution in [-0.4, -0.2) is 38.7 Å². The first-order valence-corrected chi connectivity index (χ1v) is 7.57. The first kappa shape index (κ1) is 17.1. The maximum atomic E-state index is 13.2. The average molecular weight is 346 g/mol. The largest absolute Gasteiger partial charge is 0.387 e. The van der Waals surface area contributed by atoms with E-state index in [1.165, 1.54) is 6.07 Å². The SMILES string of the molecule is CN(Cc1nc(-c2cccnc2)no1)CC(O)c1ccc(F)c(F)c1. The molecule has 1 atom stereocenters. The van der Waals surface area contributed by atoms with E-state index in [0.29, 0.717) is 23.8 Å². The molecule has 0 aliphatic heterocycles. The quantitative estimate of drug-likeness (QED) is 0.739. The third-order valence-electron chi connectivity index (χ3n) is 3.61. The molecule has 130 valence electrons. The Hall–Kier alpha value is -2.71. The molecule has 1 unspecified atom stereocenters. The summed E-state index contributed by atoms with van der Waals surface area (Å²) in [4.78, 5) is 10.0. The van der Waals surface area contributed by atoms with Gasteiger partial charge in [-0.3, -0.25) is 9.88 Å². The van der Waals surface area contributed by atoms with Gasteiger partial charge in [0.1, 0.15) is 0 Å². The van der Waals surface area contributed by atoms with Crippen LogP contribution >= 0.6 is 0 Å². The summed E-state index contributed by atoms with van der Waals surface area (Å²) < 4.78 is 31.4. The highest BCUT2D eigenvalue weighted by molar-refractivity contribution is 5.51. The zero-order valence-electron chi connectivity index (χ0n) is 13.4. The standard InChI is InChI=1S/C17H16F2N4O2/c1-23(9-15(24)11-4-5-13(18)14(19)7-11)10-16-21-17(22-25-16)12-3-2-6-20-8-12/h2-8,15,24H,9-10H2,1H3. The van der Waals surface area contributed by atoms with Crippen LogP contribution in [0.5, 0.6) is 0 Å². The number of hydrogen-bond donors (Lipinski definition) is 1. The number of halogens is 2. The van der Waals surface area contributed by atoms with Crippen LogP contribution in [0.2, 0.25) is 0 Å². The number of pyridine rings is 1. The van der Waals surface area contributed by atoms with Gasteiger partial charge in [0.25, 0.3) is 0 Å². The van der Waals surface area contributed by atoms with Gasteiger partial charge in [-0.05, 0) is 36.9 Å². The number of aromatic nitrogens is 3. The summed E-state index contributed by atoms with van der Waals surface area (Å²) in [5.41, 5.74) is 1.04. The Morgan fingerprint density at radius 2 is 2.08 bits per heavy atom. The van der Waals surface area contributed by atoms with Gasteiger partial charge >= 0.3 is 0 Å². The van der Waals surface area contributed by atoms with Crippen molar-refractivity contribution in [2.75, 3.05) is 13.6 Å². The molecule has 0 amide bonds. The second kappa shape index (κ2) is 7.45. The molecular formula is C17H16F2N4O2. The maximum Gasteiger partial charge on any atom is 0.241 e. The average Bonchev–Trinajstić information content (AvgIpc) is 3.06. The Morgan fingerprint density at radius 1 is 1.24 bits per heavy atom. The molecule has 0 aliphatic carbocycles. The Morgan fingerprint density at radius 3 is 2.80 bits per heavy atom. The van der Waals surface area contributed by atoms with E-state index in [2.05, 4.69) is 15.1 Å². The van der Waals surface area contributed by atoms with Gasteiger partial charge in [0.15, 0.2) is 11.6 Å². The monoisotopic (exact) mass is 346 g/mol. The van der Waals surface area contributed by atoms with E-state index in [9.17, 15) is 13.9 Å². The fourth-order valence-electron chi connectivity index (χ4n) is 2.35. The molecule has 25 heavy (non-hydrogen) atoms. The molecule has 2 heterocycles. The van der Waals surface area contributed by atoms with Gasteiger partial charge in [-0.1, -0.05) is 11.2 Å². The summed E-state index contributed by atoms with van der Waals surface area (Å²) in [5.74, 6) is -1.13. The predicted molar refractivity (Wildman–Crippen MR) is 85.2 cm³/mol. The summed E-state index contributed by atoms with van der Waals surface area (Å²) >= 11 is 0. The van der Waals surface area contributed by atoms with Crippen molar-refractivity contribution >= 4 is 0 Å². The van der Waals surface area contributed by atoms with Gasteiger partial charge in [0.2, 0.25) is 11.7 Å². The number of hydrogen-bond acceptors (Lipinski definition) is 6. The molecule has 3 aromatic rings. The van der Waals surface area contributed by atoms with E-state index in [1.54, 1.807) is 30.4 Å². The van der Waals surface area contributed by atoms with Crippen molar-refractivity contribution in [3.05, 3.63) is 65.8 Å². The summed E-state index contributed by atoms with van der Waals surface area (Å²) in [6.45, 7) is 0.490. The number of benzene rings is 1. The van der Waals surface area contributed by atoms with Crippen LogP contribution < -0.4 is 0 Å². The summed E-state index contributed by atoms with van der Waals surface area (Å²) in [7, 11) is 1.75. The molecular weight excluding hydrogens is 330 g/mol. The van der Waals surface area contributed by atoms with Crippen LogP contribution in [0.3, 0.4) is 0 Å². The second-order valence-corrected chi connectivity index (χ2v) is 5.64. The van der Waals surface area contributed by atoms with E-state index < -0.39 is 17.7 Å². The third kappa shape index (κ3) is 4.23. The number of nitrogens with zero attached hydrogens (tertiary/aromatic N) is 4. The highest BCUT2D eigenvalue weighted by Gasteiger charge is 2.16. The molecule has 1 N–H and O–H groups in total. The van der Waals surface area contributed by atoms with Gasteiger partial charge in [-0.15, -0.1) is 0 Å². The molecule has 3 rings (SSSR count). The molecule has 2 aromatic heterocycles. The van der Waals surface area contributed by atoms with Crippen LogP contribution in [0.1, 0.15) is 17.6 Å². The second-order valence-electron chi connectivity index (χ2n) is 5.64. The molecule has 0 saturated heterocycles. The van der Waals surface area contributed by atoms with Crippen molar-refractivity contribution in [3.8, 4) is 11.4 Å². The lowest BCUT2D eigenvalue weighted by Crippen LogP contribution is -2.24. The molecule has 0 bridgehead atoms. The summed E-state index contributed by atoms with van der Waals surface area (Å²) in [6, 6.07) is 6.92. The zero-order chi connectivity index (χ0) is 17.8. The molecule has 0 fully saturated rings. The van der Waals surface area contributed by atoms with Gasteiger partial charge in [0.05, 0.1) is 12.6 Å². The van der Waals surface area contributed by atoms with E-state index in [4.69, 9.17) is 4.52 Å². The van der Waals surface area contributed by atoms with Crippen LogP contribution in [0, 0.1) is 11.6 Å². The van der Waals surface area contributed by atoms with Crippen molar-refractivity contribution in [1.29, 1.82) is 0 Å². The van der Waals surface area contributed by atoms with E-state index in [1.807, 2.05) is 6.07 Å². The molecule has 6 nitrogen and oxygen atoms in total. The zero-order valence-corrected chi connectivity index (χ0v) is 13.4. The summed E-state index contributed by atoms with van der Waals surface area (Å²) in [5, 5.41) is 14.1. The molecule has 0 saturated carbocycles. The van der Waals surface area contributed by atoms with Gasteiger partial charge in [-0.2, -0.15) is 4.98 Å². The van der Waals surface area contributed by atoms with Crippen molar-refractivity contribution in [1.82, 2.24) is 20.0 Å².